The van der Waals surface area contributed by atoms with Crippen molar-refractivity contribution in [1.82, 2.24) is 9.62 Å². The van der Waals surface area contributed by atoms with Crippen LogP contribution in [0.2, 0.25) is 0 Å². The van der Waals surface area contributed by atoms with E-state index in [1.807, 2.05) is 30.0 Å². The molecule has 0 spiro atoms. The first-order valence-electron chi connectivity index (χ1n) is 12.9. The van der Waals surface area contributed by atoms with Crippen LogP contribution in [-0.4, -0.2) is 50.5 Å². The van der Waals surface area contributed by atoms with Crippen molar-refractivity contribution in [3.63, 3.8) is 0 Å². The molecule has 1 N–H and O–H groups in total. The van der Waals surface area contributed by atoms with Crippen molar-refractivity contribution in [2.75, 3.05) is 24.8 Å². The summed E-state index contributed by atoms with van der Waals surface area (Å²) < 4.78 is 39.0. The molecule has 1 unspecified atom stereocenters. The number of carbonyl (C=O) groups excluding carboxylic acids is 2. The molecule has 37 heavy (non-hydrogen) atoms. The van der Waals surface area contributed by atoms with E-state index in [1.54, 1.807) is 18.2 Å². The number of fused-ring (bicyclic) bond motifs is 2. The highest BCUT2D eigenvalue weighted by atomic mass is 32.2. The van der Waals surface area contributed by atoms with Crippen LogP contribution in [0.25, 0.3) is 0 Å². The summed E-state index contributed by atoms with van der Waals surface area (Å²) >= 11 is 0. The number of hydrogen-bond acceptors (Lipinski definition) is 6. The van der Waals surface area contributed by atoms with Gasteiger partial charge in [-0.3, -0.25) is 9.59 Å². The topological polar surface area (TPSA) is 105 Å². The Kier molecular flexibility index (Phi) is 6.11. The molecule has 4 aliphatic rings. The van der Waals surface area contributed by atoms with Gasteiger partial charge >= 0.3 is 0 Å². The Hall–Kier alpha value is -3.11. The summed E-state index contributed by atoms with van der Waals surface area (Å²) in [6, 6.07) is 10.7. The second-order valence-corrected chi connectivity index (χ2v) is 12.3. The number of sulfonamides is 1. The highest BCUT2D eigenvalue weighted by molar-refractivity contribution is 7.89. The van der Waals surface area contributed by atoms with Gasteiger partial charge in [-0.2, -0.15) is 4.31 Å². The van der Waals surface area contributed by atoms with E-state index < -0.39 is 10.0 Å². The molecule has 196 valence electrons. The van der Waals surface area contributed by atoms with Crippen LogP contribution in [0.4, 0.5) is 5.69 Å². The van der Waals surface area contributed by atoms with E-state index in [4.69, 9.17) is 9.47 Å². The lowest BCUT2D eigenvalue weighted by atomic mass is 9.97. The molecule has 0 radical (unpaired) electrons. The normalized spacial score (nSPS) is 21.6. The van der Waals surface area contributed by atoms with Gasteiger partial charge in [0.05, 0.1) is 4.90 Å². The highest BCUT2D eigenvalue weighted by Crippen LogP contribution is 2.40. The van der Waals surface area contributed by atoms with Crippen LogP contribution in [0.3, 0.4) is 0 Å². The zero-order valence-corrected chi connectivity index (χ0v) is 21.6. The summed E-state index contributed by atoms with van der Waals surface area (Å²) in [5, 5.41) is 2.97. The number of nitrogens with one attached hydrogen (secondary N) is 1. The number of piperidine rings is 1. The molecule has 0 bridgehead atoms. The summed E-state index contributed by atoms with van der Waals surface area (Å²) in [5.74, 6) is 1.34. The minimum Gasteiger partial charge on any atom is -0.454 e. The lowest BCUT2D eigenvalue weighted by molar-refractivity contribution is -0.126. The fraction of sp³-hybridized carbons (Fsp3) is 0.481. The van der Waals surface area contributed by atoms with E-state index in [1.165, 1.54) is 4.31 Å². The van der Waals surface area contributed by atoms with E-state index in [0.29, 0.717) is 50.4 Å². The van der Waals surface area contributed by atoms with Crippen LogP contribution >= 0.6 is 0 Å². The molecule has 2 aromatic carbocycles. The van der Waals surface area contributed by atoms with Gasteiger partial charge in [-0.25, -0.2) is 8.42 Å². The minimum absolute atomic E-state index is 0.0352. The zero-order valence-electron chi connectivity index (χ0n) is 20.8. The Labute approximate surface area is 216 Å². The lowest BCUT2D eigenvalue weighted by Gasteiger charge is -2.30. The van der Waals surface area contributed by atoms with Gasteiger partial charge in [0.25, 0.3) is 0 Å². The zero-order chi connectivity index (χ0) is 25.7. The van der Waals surface area contributed by atoms with Crippen LogP contribution in [0.1, 0.15) is 43.7 Å². The van der Waals surface area contributed by atoms with Crippen molar-refractivity contribution in [2.45, 2.75) is 56.5 Å². The molecule has 2 amide bonds. The van der Waals surface area contributed by atoms with Crippen LogP contribution in [0.15, 0.2) is 41.3 Å². The standard InChI is InChI=1S/C27H31N3O6S/c1-17-12-21-14-22(5-6-23(21)30(17)27(32)20-3-4-20)37(33,34)29-10-8-19(9-11-29)26(31)28-15-18-2-7-24-25(13-18)36-16-35-24/h2,5-7,13-14,17,19-20H,3-4,8-12,15-16H2,1H3,(H,28,31). The van der Waals surface area contributed by atoms with Crippen molar-refractivity contribution in [3.05, 3.63) is 47.5 Å². The molecule has 6 rings (SSSR count). The monoisotopic (exact) mass is 525 g/mol. The maximum atomic E-state index is 13.4. The molecule has 2 aromatic rings. The van der Waals surface area contributed by atoms with E-state index in [-0.39, 0.29) is 41.4 Å². The highest BCUT2D eigenvalue weighted by Gasteiger charge is 2.40. The smallest absolute Gasteiger partial charge is 0.243 e. The van der Waals surface area contributed by atoms with Gasteiger partial charge in [0.15, 0.2) is 11.5 Å². The molecule has 1 saturated heterocycles. The molecule has 10 heteroatoms. The minimum atomic E-state index is -3.68. The SMILES string of the molecule is CC1Cc2cc(S(=O)(=O)N3CCC(C(=O)NCc4ccc5c(c4)OCO5)CC3)ccc2N1C(=O)C1CC1. The Balaban J connectivity index is 1.06. The van der Waals surface area contributed by atoms with E-state index in [9.17, 15) is 18.0 Å². The number of anilines is 1. The second-order valence-electron chi connectivity index (χ2n) is 10.4. The molecular formula is C27H31N3O6S. The average molecular weight is 526 g/mol. The maximum absolute atomic E-state index is 13.4. The Morgan fingerprint density at radius 3 is 2.49 bits per heavy atom. The number of carbonyl (C=O) groups is 2. The molecule has 1 saturated carbocycles. The van der Waals surface area contributed by atoms with Gasteiger partial charge in [-0.15, -0.1) is 0 Å². The lowest BCUT2D eigenvalue weighted by Crippen LogP contribution is -2.42. The van der Waals surface area contributed by atoms with Crippen LogP contribution < -0.4 is 19.7 Å². The Bertz CT molecular complexity index is 1350. The summed E-state index contributed by atoms with van der Waals surface area (Å²) in [6.07, 6.45) is 3.48. The molecule has 3 heterocycles. The predicted molar refractivity (Wildman–Crippen MR) is 136 cm³/mol. The molecule has 9 nitrogen and oxygen atoms in total. The van der Waals surface area contributed by atoms with Crippen molar-refractivity contribution >= 4 is 27.5 Å². The van der Waals surface area contributed by atoms with Gasteiger partial charge in [-0.1, -0.05) is 6.07 Å². The van der Waals surface area contributed by atoms with Gasteiger partial charge in [-0.05, 0) is 80.5 Å². The third kappa shape index (κ3) is 4.57. The summed E-state index contributed by atoms with van der Waals surface area (Å²) in [6.45, 7) is 3.18. The van der Waals surface area contributed by atoms with Crippen molar-refractivity contribution in [3.8, 4) is 11.5 Å². The van der Waals surface area contributed by atoms with Crippen LogP contribution in [0.5, 0.6) is 11.5 Å². The first kappa shape index (κ1) is 24.2. The summed E-state index contributed by atoms with van der Waals surface area (Å²) in [4.78, 5) is 27.6. The van der Waals surface area contributed by atoms with Gasteiger partial charge < -0.3 is 19.7 Å². The van der Waals surface area contributed by atoms with Crippen molar-refractivity contribution < 1.29 is 27.5 Å². The molecular weight excluding hydrogens is 494 g/mol. The number of nitrogens with zero attached hydrogens (tertiary/aromatic N) is 2. The quantitative estimate of drug-likeness (QED) is 0.622. The van der Waals surface area contributed by atoms with Crippen molar-refractivity contribution in [2.24, 2.45) is 11.8 Å². The van der Waals surface area contributed by atoms with Gasteiger partial charge in [0, 0.05) is 43.2 Å². The molecule has 3 aliphatic heterocycles. The third-order valence-corrected chi connectivity index (χ3v) is 9.69. The maximum Gasteiger partial charge on any atom is 0.243 e. The first-order valence-corrected chi connectivity index (χ1v) is 14.4. The van der Waals surface area contributed by atoms with E-state index in [0.717, 1.165) is 29.7 Å². The van der Waals surface area contributed by atoms with Gasteiger partial charge in [0.1, 0.15) is 0 Å². The fourth-order valence-corrected chi connectivity index (χ4v) is 7.04. The largest absolute Gasteiger partial charge is 0.454 e. The number of rotatable bonds is 6. The van der Waals surface area contributed by atoms with Crippen molar-refractivity contribution in [1.29, 1.82) is 0 Å². The Morgan fingerprint density at radius 1 is 0.973 bits per heavy atom. The first-order chi connectivity index (χ1) is 17.8. The predicted octanol–water partition coefficient (Wildman–Crippen LogP) is 2.82. The molecule has 0 aromatic heterocycles. The van der Waals surface area contributed by atoms with Gasteiger partial charge in [0.2, 0.25) is 28.6 Å². The van der Waals surface area contributed by atoms with E-state index in [2.05, 4.69) is 5.32 Å². The third-order valence-electron chi connectivity index (χ3n) is 7.80. The van der Waals surface area contributed by atoms with Crippen LogP contribution in [-0.2, 0) is 32.6 Å². The van der Waals surface area contributed by atoms with Crippen LogP contribution in [0, 0.1) is 11.8 Å². The molecule has 1 aliphatic carbocycles. The number of hydrogen-bond donors (Lipinski definition) is 1. The number of ether oxygens (including phenoxy) is 2. The van der Waals surface area contributed by atoms with E-state index >= 15 is 0 Å². The molecule has 1 atom stereocenters. The Morgan fingerprint density at radius 2 is 1.73 bits per heavy atom. The average Bonchev–Trinajstić information content (AvgIpc) is 3.56. The number of benzene rings is 2. The summed E-state index contributed by atoms with van der Waals surface area (Å²) in [7, 11) is -3.68. The second kappa shape index (κ2) is 9.33. The number of amides is 2. The molecule has 2 fully saturated rings. The fourth-order valence-electron chi connectivity index (χ4n) is 5.52. The summed E-state index contributed by atoms with van der Waals surface area (Å²) in [5.41, 5.74) is 2.66.